The maximum atomic E-state index is 12.6. The average Bonchev–Trinajstić information content (AvgIpc) is 0.795. The zero-order chi connectivity index (χ0) is 88.4. The number of carbonyl (C=O) groups is 1. The van der Waals surface area contributed by atoms with E-state index in [9.17, 15) is 4.79 Å². The van der Waals surface area contributed by atoms with Crippen molar-refractivity contribution in [1.29, 1.82) is 0 Å². The van der Waals surface area contributed by atoms with Crippen LogP contribution in [0.15, 0.2) is 36.4 Å². The highest BCUT2D eigenvalue weighted by atomic mass is 28.5. The van der Waals surface area contributed by atoms with Crippen molar-refractivity contribution >= 4 is 176 Å². The van der Waals surface area contributed by atoms with E-state index in [1.807, 2.05) is 6.07 Å². The van der Waals surface area contributed by atoms with Crippen molar-refractivity contribution in [3.05, 3.63) is 58.7 Å². The lowest BCUT2D eigenvalue weighted by Gasteiger charge is -2.45. The van der Waals surface area contributed by atoms with Gasteiger partial charge in [-0.15, -0.1) is 0 Å². The Morgan fingerprint density at radius 3 is 0.637 bits per heavy atom. The maximum Gasteiger partial charge on any atom is 0.314 e. The third kappa shape index (κ3) is 44.7. The van der Waals surface area contributed by atoms with Crippen LogP contribution in [-0.2, 0) is 97.1 Å². The van der Waals surface area contributed by atoms with Gasteiger partial charge in [0.25, 0.3) is 0 Å². The minimum atomic E-state index is -2.84. The Balaban J connectivity index is 2.18. The number of rotatable bonds is 54. The van der Waals surface area contributed by atoms with Gasteiger partial charge >= 0.3 is 143 Å². The first-order valence-electron chi connectivity index (χ1n) is 41.6. The summed E-state index contributed by atoms with van der Waals surface area (Å²) in [5.41, 5.74) is 4.01. The quantitative estimate of drug-likeness (QED) is 0.0343. The summed E-state index contributed by atoms with van der Waals surface area (Å²) in [5, 5.41) is 0. The number of unbranched alkanes of at least 4 members (excludes halogenated alkanes) is 2. The van der Waals surface area contributed by atoms with Gasteiger partial charge in [-0.25, -0.2) is 0 Å². The number of hydrogen-bond acceptors (Lipinski definition) is 21. The molecule has 0 aliphatic heterocycles. The number of methoxy groups -OCH3 is 1. The van der Waals surface area contributed by atoms with E-state index in [-0.39, 0.29) is 5.97 Å². The monoisotopic (exact) mass is 1930 g/mol. The second-order valence-electron chi connectivity index (χ2n) is 41.3. The molecule has 0 N–H and O–H groups in total. The summed E-state index contributed by atoms with van der Waals surface area (Å²) in [4.78, 5) is 12.6. The van der Waals surface area contributed by atoms with Crippen molar-refractivity contribution in [1.82, 2.24) is 0 Å². The fourth-order valence-corrected chi connectivity index (χ4v) is 119. The molecule has 0 amide bonds. The highest BCUT2D eigenvalue weighted by Crippen LogP contribution is 2.40. The molecule has 0 fully saturated rings. The SMILES string of the molecule is CCCC[Si](C)(C)O[Si](C)(C)O[Si](C)(C)O[Si](C)(C)O[Si](C)(C)O[Si](C)(C)O[Si](C)(C)O[Si](C)(C)O[Si](C)(C)O[Si](C)(C)CCCc1cc(C(C)(C)c2ccc(OC(C)=O)c(CCC[Si](C)(C)O[Si](C)(C)O[Si](C)(C)O[Si](C)(C)O[Si](C)(C)O[Si](C)(C)O[Si](C)(C)O[Si](C)(C)O[Si](C)(C)O[Si](C)(C)CCCC)c2)ccc1OC. The normalized spacial score (nSPS) is 15.0. The number of carbonyl (C=O) groups excluding carboxylic acids is 1. The number of benzene rings is 2. The number of esters is 1. The first kappa shape index (κ1) is 110. The van der Waals surface area contributed by atoms with Crippen molar-refractivity contribution in [3.63, 3.8) is 0 Å². The molecule has 41 heteroatoms. The van der Waals surface area contributed by atoms with Crippen LogP contribution in [0.3, 0.4) is 0 Å². The predicted molar refractivity (Wildman–Crippen MR) is 518 cm³/mol. The van der Waals surface area contributed by atoms with Crippen LogP contribution < -0.4 is 9.47 Å². The molecule has 0 saturated carbocycles. The van der Waals surface area contributed by atoms with Gasteiger partial charge in [0.2, 0.25) is 0 Å². The van der Waals surface area contributed by atoms with Crippen molar-refractivity contribution in [2.45, 2.75) is 377 Å². The zero-order valence-electron chi connectivity index (χ0n) is 80.5. The molecule has 0 radical (unpaired) electrons. The van der Waals surface area contributed by atoms with E-state index in [4.69, 9.17) is 83.5 Å². The van der Waals surface area contributed by atoms with E-state index in [0.717, 1.165) is 84.3 Å². The summed E-state index contributed by atoms with van der Waals surface area (Å²) in [7, 11) is -50.3. The summed E-state index contributed by atoms with van der Waals surface area (Å²) in [6, 6.07) is 16.9. The molecule has 0 atom stereocenters. The lowest BCUT2D eigenvalue weighted by molar-refractivity contribution is -0.132. The van der Waals surface area contributed by atoms with Gasteiger partial charge in [0.05, 0.1) is 7.11 Å². The van der Waals surface area contributed by atoms with Crippen molar-refractivity contribution < 1.29 is 88.3 Å². The van der Waals surface area contributed by atoms with Crippen molar-refractivity contribution in [2.75, 3.05) is 7.11 Å². The minimum absolute atomic E-state index is 0.351. The average molecular weight is 1930 g/mol. The van der Waals surface area contributed by atoms with E-state index in [1.54, 1.807) is 7.11 Å². The summed E-state index contributed by atoms with van der Waals surface area (Å²) in [6.07, 6.45) is 7.94. The molecule has 21 nitrogen and oxygen atoms in total. The molecule has 662 valence electrons. The molecule has 2 aromatic rings. The second-order valence-corrected chi connectivity index (χ2v) is 117. The first-order valence-corrected chi connectivity index (χ1v) is 99.1. The summed E-state index contributed by atoms with van der Waals surface area (Å²) in [5.74, 6) is 1.10. The maximum absolute atomic E-state index is 12.6. The fourth-order valence-electron chi connectivity index (χ4n) is 17.0. The van der Waals surface area contributed by atoms with E-state index in [2.05, 4.69) is 320 Å². The molecule has 2 aromatic carbocycles. The highest BCUT2D eigenvalue weighted by molar-refractivity contribution is 6.96. The van der Waals surface area contributed by atoms with Crippen LogP contribution >= 0.6 is 0 Å². The lowest BCUT2D eigenvalue weighted by Crippen LogP contribution is -2.62. The van der Waals surface area contributed by atoms with Crippen LogP contribution in [0.5, 0.6) is 11.5 Å². The van der Waals surface area contributed by atoms with E-state index in [0.29, 0.717) is 12.2 Å². The zero-order valence-corrected chi connectivity index (χ0v) is 101. The van der Waals surface area contributed by atoms with E-state index < -0.39 is 176 Å². The fraction of sp³-hybridized carbons (Fsp3) is 0.819. The van der Waals surface area contributed by atoms with Gasteiger partial charge < -0.3 is 83.5 Å². The van der Waals surface area contributed by atoms with Gasteiger partial charge in [0.1, 0.15) is 11.5 Å². The predicted octanol–water partition coefficient (Wildman–Crippen LogP) is 23.8. The third-order valence-electron chi connectivity index (χ3n) is 17.7. The molecular weight excluding hydrogens is 1760 g/mol. The highest BCUT2D eigenvalue weighted by Gasteiger charge is 2.54. The van der Waals surface area contributed by atoms with Gasteiger partial charge in [-0.05, 0) is 346 Å². The van der Waals surface area contributed by atoms with Crippen LogP contribution in [0.4, 0.5) is 0 Å². The number of hydrogen-bond donors (Lipinski definition) is 0. The molecular formula is C72H168O21Si20. The van der Waals surface area contributed by atoms with Gasteiger partial charge in [0, 0.05) is 12.3 Å². The topological polar surface area (TPSA) is 202 Å². The Bertz CT molecular complexity index is 3330. The van der Waals surface area contributed by atoms with Crippen LogP contribution in [0.25, 0.3) is 0 Å². The Hall–Kier alpha value is 1.33. The molecule has 0 aliphatic carbocycles. The van der Waals surface area contributed by atoms with Crippen LogP contribution in [0, 0.1) is 0 Å². The first-order chi connectivity index (χ1) is 50.0. The molecule has 113 heavy (non-hydrogen) atoms. The standard InChI is InChI=1S/C72H168O21Si20/c1-47-49-59-94(7,8)76-98(15,16)80-102(23,24)84-106(31,32)88-110(39,40)92-112(43,44)90-108(35,36)86-104(27,28)82-100(19,20)78-96(11,12)61-51-53-66-63-68(55-57-70(66)74-6)72(4,5)69-56-58-71(75-65(3)73)67(64-69)54-52-62-97(13,14)79-101(21,22)83-105(29,30)87-109(37,38)91-113(45,46)93-111(41,42)89-107(33,34)85-103(25,26)81-99(17,18)77-95(9,10)60-50-48-2/h55-58,63-64H,47-54,59-62H2,1-46H3. The number of aryl methyl sites for hydroxylation is 2. The molecule has 2 rings (SSSR count). The molecule has 0 heterocycles. The molecule has 0 aromatic heterocycles. The van der Waals surface area contributed by atoms with Crippen molar-refractivity contribution in [3.8, 4) is 11.5 Å². The molecule has 0 saturated heterocycles. The molecule has 0 aliphatic rings. The largest absolute Gasteiger partial charge is 0.496 e. The van der Waals surface area contributed by atoms with Gasteiger partial charge in [-0.1, -0.05) is 77.6 Å². The van der Waals surface area contributed by atoms with Crippen molar-refractivity contribution in [2.24, 2.45) is 0 Å². The summed E-state index contributed by atoms with van der Waals surface area (Å²) < 4.78 is 137. The van der Waals surface area contributed by atoms with Crippen LogP contribution in [0.2, 0.25) is 286 Å². The Morgan fingerprint density at radius 1 is 0.274 bits per heavy atom. The molecule has 0 bridgehead atoms. The lowest BCUT2D eigenvalue weighted by atomic mass is 9.76. The van der Waals surface area contributed by atoms with Crippen LogP contribution in [0.1, 0.15) is 95.4 Å². The molecule has 0 spiro atoms. The smallest absolute Gasteiger partial charge is 0.314 e. The molecule has 0 unspecified atom stereocenters. The number of ether oxygens (including phenoxy) is 2. The summed E-state index contributed by atoms with van der Waals surface area (Å²) >= 11 is 0. The Morgan fingerprint density at radius 2 is 0.451 bits per heavy atom. The van der Waals surface area contributed by atoms with E-state index >= 15 is 0 Å². The Labute approximate surface area is 713 Å². The van der Waals surface area contributed by atoms with Crippen LogP contribution in [-0.4, -0.2) is 183 Å². The van der Waals surface area contributed by atoms with Gasteiger partial charge in [-0.2, -0.15) is 0 Å². The Kier molecular flexibility index (Phi) is 40.2. The minimum Gasteiger partial charge on any atom is -0.496 e. The van der Waals surface area contributed by atoms with Gasteiger partial charge in [0.15, 0.2) is 33.3 Å². The third-order valence-corrected chi connectivity index (χ3v) is 95.7. The summed E-state index contributed by atoms with van der Waals surface area (Å²) in [6.45, 7) is 96.3. The van der Waals surface area contributed by atoms with E-state index in [1.165, 1.54) is 19.8 Å². The van der Waals surface area contributed by atoms with Gasteiger partial charge in [-0.3, -0.25) is 4.79 Å². The second kappa shape index (κ2) is 41.2.